The Morgan fingerprint density at radius 3 is 2.94 bits per heavy atom. The van der Waals surface area contributed by atoms with Crippen molar-refractivity contribution in [2.45, 2.75) is 17.5 Å². The number of nitrogens with one attached hydrogen (secondary N) is 1. The van der Waals surface area contributed by atoms with Crippen LogP contribution in [0.15, 0.2) is 16.9 Å². The van der Waals surface area contributed by atoms with E-state index in [9.17, 15) is 0 Å². The first-order chi connectivity index (χ1) is 7.81. The molecule has 0 saturated carbocycles. The summed E-state index contributed by atoms with van der Waals surface area (Å²) in [5, 5.41) is 12.3. The molecule has 8 heteroatoms. The van der Waals surface area contributed by atoms with Crippen molar-refractivity contribution >= 4 is 35.5 Å². The number of halogens is 1. The van der Waals surface area contributed by atoms with Crippen LogP contribution in [0.2, 0.25) is 0 Å². The lowest BCUT2D eigenvalue weighted by molar-refractivity contribution is 0.682. The molecule has 0 atom stereocenters. The third-order valence-electron chi connectivity index (χ3n) is 2.09. The molecule has 2 aromatic rings. The van der Waals surface area contributed by atoms with Crippen LogP contribution in [0.1, 0.15) is 10.7 Å². The second-order valence-corrected chi connectivity index (χ2v) is 5.16. The fourth-order valence-electron chi connectivity index (χ4n) is 1.23. The van der Waals surface area contributed by atoms with Gasteiger partial charge >= 0.3 is 0 Å². The lowest BCUT2D eigenvalue weighted by Gasteiger charge is -2.01. The van der Waals surface area contributed by atoms with Gasteiger partial charge in [0.1, 0.15) is 5.82 Å². The fourth-order valence-corrected chi connectivity index (χ4v) is 2.80. The SMILES string of the molecule is CNCc1nnc(SCc2cncs2)n1C.Cl. The van der Waals surface area contributed by atoms with Gasteiger partial charge in [-0.1, -0.05) is 11.8 Å². The topological polar surface area (TPSA) is 55.6 Å². The van der Waals surface area contributed by atoms with Crippen LogP contribution < -0.4 is 5.32 Å². The summed E-state index contributed by atoms with van der Waals surface area (Å²) < 4.78 is 2.02. The van der Waals surface area contributed by atoms with E-state index in [4.69, 9.17) is 0 Å². The van der Waals surface area contributed by atoms with E-state index in [2.05, 4.69) is 20.5 Å². The molecule has 0 aliphatic heterocycles. The van der Waals surface area contributed by atoms with E-state index in [1.807, 2.05) is 30.4 Å². The van der Waals surface area contributed by atoms with Crippen molar-refractivity contribution in [3.8, 4) is 0 Å². The summed E-state index contributed by atoms with van der Waals surface area (Å²) in [5.74, 6) is 1.85. The summed E-state index contributed by atoms with van der Waals surface area (Å²) in [6.45, 7) is 0.741. The Labute approximate surface area is 114 Å². The van der Waals surface area contributed by atoms with E-state index in [1.165, 1.54) is 4.88 Å². The number of hydrogen-bond acceptors (Lipinski definition) is 6. The average molecular weight is 292 g/mol. The van der Waals surface area contributed by atoms with Crippen molar-refractivity contribution in [2.75, 3.05) is 7.05 Å². The van der Waals surface area contributed by atoms with E-state index in [-0.39, 0.29) is 12.4 Å². The molecule has 0 spiro atoms. The molecule has 0 aromatic carbocycles. The first-order valence-corrected chi connectivity index (χ1v) is 6.71. The molecule has 0 aliphatic carbocycles. The quantitative estimate of drug-likeness (QED) is 0.850. The molecule has 0 fully saturated rings. The maximum absolute atomic E-state index is 4.15. The predicted molar refractivity (Wildman–Crippen MR) is 72.7 cm³/mol. The zero-order valence-corrected chi connectivity index (χ0v) is 12.0. The molecule has 0 radical (unpaired) electrons. The summed E-state index contributed by atoms with van der Waals surface area (Å²) in [6, 6.07) is 0. The summed E-state index contributed by atoms with van der Waals surface area (Å²) in [5.41, 5.74) is 1.85. The molecule has 17 heavy (non-hydrogen) atoms. The smallest absolute Gasteiger partial charge is 0.191 e. The summed E-state index contributed by atoms with van der Waals surface area (Å²) >= 11 is 3.35. The van der Waals surface area contributed by atoms with Gasteiger partial charge in [-0.25, -0.2) is 0 Å². The van der Waals surface area contributed by atoms with E-state index in [1.54, 1.807) is 23.1 Å². The Morgan fingerprint density at radius 2 is 2.29 bits per heavy atom. The third-order valence-corrected chi connectivity index (χ3v) is 4.12. The Morgan fingerprint density at radius 1 is 1.47 bits per heavy atom. The highest BCUT2D eigenvalue weighted by molar-refractivity contribution is 7.98. The molecule has 0 unspecified atom stereocenters. The van der Waals surface area contributed by atoms with Crippen LogP contribution in [0.4, 0.5) is 0 Å². The third kappa shape index (κ3) is 3.67. The molecule has 5 nitrogen and oxygen atoms in total. The van der Waals surface area contributed by atoms with Crippen molar-refractivity contribution in [1.29, 1.82) is 0 Å². The zero-order chi connectivity index (χ0) is 11.4. The summed E-state index contributed by atoms with van der Waals surface area (Å²) in [7, 11) is 3.89. The zero-order valence-electron chi connectivity index (χ0n) is 9.58. The van der Waals surface area contributed by atoms with Gasteiger partial charge in [-0.2, -0.15) is 0 Å². The predicted octanol–water partition coefficient (Wildman–Crippen LogP) is 1.71. The van der Waals surface area contributed by atoms with Crippen LogP contribution >= 0.6 is 35.5 Å². The number of aromatic nitrogens is 4. The maximum Gasteiger partial charge on any atom is 0.191 e. The van der Waals surface area contributed by atoms with E-state index in [0.717, 1.165) is 23.3 Å². The molecular formula is C9H14ClN5S2. The number of thiazole rings is 1. The lowest BCUT2D eigenvalue weighted by Crippen LogP contribution is -2.10. The minimum atomic E-state index is 0. The molecule has 0 aliphatic rings. The van der Waals surface area contributed by atoms with Crippen LogP contribution in [-0.2, 0) is 19.3 Å². The van der Waals surface area contributed by atoms with Gasteiger partial charge in [0, 0.05) is 23.9 Å². The van der Waals surface area contributed by atoms with Gasteiger partial charge in [0.15, 0.2) is 5.16 Å². The first-order valence-electron chi connectivity index (χ1n) is 4.84. The highest BCUT2D eigenvalue weighted by atomic mass is 35.5. The molecule has 1 N–H and O–H groups in total. The molecule has 0 amide bonds. The average Bonchev–Trinajstić information content (AvgIpc) is 2.89. The number of nitrogens with zero attached hydrogens (tertiary/aromatic N) is 4. The number of hydrogen-bond donors (Lipinski definition) is 1. The van der Waals surface area contributed by atoms with Crippen LogP contribution in [0.3, 0.4) is 0 Å². The van der Waals surface area contributed by atoms with Crippen LogP contribution in [0.5, 0.6) is 0 Å². The monoisotopic (exact) mass is 291 g/mol. The van der Waals surface area contributed by atoms with Crippen LogP contribution in [-0.4, -0.2) is 26.8 Å². The Balaban J connectivity index is 0.00000144. The minimum absolute atomic E-state index is 0. The Kier molecular flexibility index (Phi) is 5.90. The maximum atomic E-state index is 4.15. The molecular weight excluding hydrogens is 278 g/mol. The number of rotatable bonds is 5. The summed E-state index contributed by atoms with van der Waals surface area (Å²) in [4.78, 5) is 5.30. The van der Waals surface area contributed by atoms with Crippen molar-refractivity contribution in [3.63, 3.8) is 0 Å². The van der Waals surface area contributed by atoms with Gasteiger partial charge in [0.25, 0.3) is 0 Å². The Bertz CT molecular complexity index is 442. The van der Waals surface area contributed by atoms with Gasteiger partial charge in [0.05, 0.1) is 12.1 Å². The van der Waals surface area contributed by atoms with E-state index >= 15 is 0 Å². The first kappa shape index (κ1) is 14.4. The van der Waals surface area contributed by atoms with E-state index in [0.29, 0.717) is 0 Å². The van der Waals surface area contributed by atoms with Crippen molar-refractivity contribution in [3.05, 3.63) is 22.4 Å². The summed E-state index contributed by atoms with van der Waals surface area (Å²) in [6.07, 6.45) is 1.89. The van der Waals surface area contributed by atoms with Gasteiger partial charge < -0.3 is 9.88 Å². The molecule has 2 rings (SSSR count). The van der Waals surface area contributed by atoms with Gasteiger partial charge in [-0.3, -0.25) is 4.98 Å². The molecule has 2 heterocycles. The van der Waals surface area contributed by atoms with Crippen molar-refractivity contribution in [1.82, 2.24) is 25.1 Å². The normalized spacial score (nSPS) is 10.2. The largest absolute Gasteiger partial charge is 0.313 e. The second kappa shape index (κ2) is 6.95. The molecule has 2 aromatic heterocycles. The molecule has 0 bridgehead atoms. The minimum Gasteiger partial charge on any atom is -0.313 e. The lowest BCUT2D eigenvalue weighted by atomic mass is 10.6. The van der Waals surface area contributed by atoms with Gasteiger partial charge in [-0.05, 0) is 7.05 Å². The van der Waals surface area contributed by atoms with Crippen LogP contribution in [0.25, 0.3) is 0 Å². The number of thioether (sulfide) groups is 1. The van der Waals surface area contributed by atoms with E-state index < -0.39 is 0 Å². The second-order valence-electron chi connectivity index (χ2n) is 3.24. The van der Waals surface area contributed by atoms with Crippen LogP contribution in [0, 0.1) is 0 Å². The molecule has 0 saturated heterocycles. The fraction of sp³-hybridized carbons (Fsp3) is 0.444. The standard InChI is InChI=1S/C9H13N5S2.ClH/c1-10-4-8-12-13-9(14(8)2)15-5-7-3-11-6-16-7;/h3,6,10H,4-5H2,1-2H3;1H. The Hall–Kier alpha value is -0.630. The van der Waals surface area contributed by atoms with Gasteiger partial charge in [-0.15, -0.1) is 33.9 Å². The highest BCUT2D eigenvalue weighted by Gasteiger charge is 2.08. The molecule has 94 valence electrons. The van der Waals surface area contributed by atoms with Crippen molar-refractivity contribution in [2.24, 2.45) is 7.05 Å². The highest BCUT2D eigenvalue weighted by Crippen LogP contribution is 2.22. The van der Waals surface area contributed by atoms with Crippen molar-refractivity contribution < 1.29 is 0 Å². The van der Waals surface area contributed by atoms with Gasteiger partial charge in [0.2, 0.25) is 0 Å².